The van der Waals surface area contributed by atoms with Crippen molar-refractivity contribution in [3.8, 4) is 17.2 Å². The molecule has 8 nitrogen and oxygen atoms in total. The zero-order valence-electron chi connectivity index (χ0n) is 19.8. The van der Waals surface area contributed by atoms with Crippen molar-refractivity contribution < 1.29 is 19.0 Å². The molecule has 0 saturated carbocycles. The van der Waals surface area contributed by atoms with Gasteiger partial charge in [0.25, 0.3) is 5.91 Å². The van der Waals surface area contributed by atoms with Crippen molar-refractivity contribution in [2.45, 2.75) is 25.4 Å². The number of hydrogen-bond donors (Lipinski definition) is 1. The van der Waals surface area contributed by atoms with Crippen LogP contribution < -0.4 is 14.8 Å². The summed E-state index contributed by atoms with van der Waals surface area (Å²) in [6.07, 6.45) is 3.84. The Labute approximate surface area is 200 Å². The molecule has 0 spiro atoms. The summed E-state index contributed by atoms with van der Waals surface area (Å²) in [5.41, 5.74) is 2.05. The molecule has 0 bridgehead atoms. The van der Waals surface area contributed by atoms with Crippen LogP contribution in [0.5, 0.6) is 11.5 Å². The summed E-state index contributed by atoms with van der Waals surface area (Å²) >= 11 is 0. The van der Waals surface area contributed by atoms with Crippen LogP contribution in [0.4, 0.5) is 0 Å². The van der Waals surface area contributed by atoms with Crippen molar-refractivity contribution in [3.63, 3.8) is 0 Å². The van der Waals surface area contributed by atoms with Crippen molar-refractivity contribution in [2.75, 3.05) is 40.5 Å². The summed E-state index contributed by atoms with van der Waals surface area (Å²) in [5, 5.41) is 7.35. The number of nitrogens with zero attached hydrogens (tertiary/aromatic N) is 3. The Balaban J connectivity index is 1.30. The van der Waals surface area contributed by atoms with Gasteiger partial charge in [-0.2, -0.15) is 5.10 Å². The molecular weight excluding hydrogens is 432 g/mol. The van der Waals surface area contributed by atoms with Gasteiger partial charge in [-0.05, 0) is 49.7 Å². The highest BCUT2D eigenvalue weighted by Crippen LogP contribution is 2.20. The van der Waals surface area contributed by atoms with Gasteiger partial charge in [-0.3, -0.25) is 9.69 Å². The molecule has 2 aromatic carbocycles. The van der Waals surface area contributed by atoms with Crippen LogP contribution in [0.2, 0.25) is 0 Å². The molecule has 1 aromatic heterocycles. The molecule has 1 amide bonds. The molecule has 34 heavy (non-hydrogen) atoms. The minimum absolute atomic E-state index is 0.245. The van der Waals surface area contributed by atoms with E-state index in [2.05, 4.69) is 22.4 Å². The molecule has 1 fully saturated rings. The number of benzene rings is 2. The lowest BCUT2D eigenvalue weighted by Crippen LogP contribution is -2.38. The number of aromatic nitrogens is 2. The van der Waals surface area contributed by atoms with Crippen LogP contribution in [-0.2, 0) is 11.3 Å². The number of para-hydroxylation sites is 1. The molecule has 4 rings (SSSR count). The first-order chi connectivity index (χ1) is 16.6. The SMILES string of the molecule is COc1cn(-c2ccccc2)nc1C(=O)NCc1cccc(OCCN(C)C2CCOCC2)c1. The van der Waals surface area contributed by atoms with Crippen LogP contribution in [0.3, 0.4) is 0 Å². The Hall–Kier alpha value is -3.36. The van der Waals surface area contributed by atoms with Crippen LogP contribution in [0, 0.1) is 0 Å². The van der Waals surface area contributed by atoms with E-state index in [1.165, 1.54) is 7.11 Å². The van der Waals surface area contributed by atoms with Crippen molar-refractivity contribution >= 4 is 5.91 Å². The van der Waals surface area contributed by atoms with Gasteiger partial charge >= 0.3 is 0 Å². The third kappa shape index (κ3) is 6.15. The summed E-state index contributed by atoms with van der Waals surface area (Å²) in [7, 11) is 3.67. The van der Waals surface area contributed by atoms with E-state index in [4.69, 9.17) is 14.2 Å². The van der Waals surface area contributed by atoms with Gasteiger partial charge in [0.2, 0.25) is 0 Å². The molecule has 0 radical (unpaired) electrons. The quantitative estimate of drug-likeness (QED) is 0.496. The van der Waals surface area contributed by atoms with Crippen LogP contribution in [0.25, 0.3) is 5.69 Å². The number of carbonyl (C=O) groups is 1. The van der Waals surface area contributed by atoms with Gasteiger partial charge in [0.05, 0.1) is 19.0 Å². The molecule has 3 aromatic rings. The molecular formula is C26H32N4O4. The maximum absolute atomic E-state index is 12.8. The summed E-state index contributed by atoms with van der Waals surface area (Å²) in [6, 6.07) is 17.9. The molecule has 2 heterocycles. The number of rotatable bonds is 10. The lowest BCUT2D eigenvalue weighted by atomic mass is 10.1. The smallest absolute Gasteiger partial charge is 0.275 e. The van der Waals surface area contributed by atoms with E-state index in [0.717, 1.165) is 49.6 Å². The molecule has 1 aliphatic heterocycles. The monoisotopic (exact) mass is 464 g/mol. The molecule has 0 atom stereocenters. The first-order valence-corrected chi connectivity index (χ1v) is 11.6. The first kappa shape index (κ1) is 23.8. The summed E-state index contributed by atoms with van der Waals surface area (Å²) < 4.78 is 18.4. The zero-order chi connectivity index (χ0) is 23.8. The topological polar surface area (TPSA) is 77.9 Å². The highest BCUT2D eigenvalue weighted by atomic mass is 16.5. The Morgan fingerprint density at radius 2 is 1.97 bits per heavy atom. The zero-order valence-corrected chi connectivity index (χ0v) is 19.8. The predicted octanol–water partition coefficient (Wildman–Crippen LogP) is 3.30. The number of carbonyl (C=O) groups excluding carboxylic acids is 1. The van der Waals surface area contributed by atoms with E-state index < -0.39 is 0 Å². The van der Waals surface area contributed by atoms with E-state index in [-0.39, 0.29) is 11.6 Å². The minimum Gasteiger partial charge on any atom is -0.493 e. The average Bonchev–Trinajstić information content (AvgIpc) is 3.33. The van der Waals surface area contributed by atoms with Gasteiger partial charge in [0, 0.05) is 32.3 Å². The van der Waals surface area contributed by atoms with Gasteiger partial charge in [0.1, 0.15) is 12.4 Å². The van der Waals surface area contributed by atoms with Gasteiger partial charge in [0.15, 0.2) is 11.4 Å². The fraction of sp³-hybridized carbons (Fsp3) is 0.385. The van der Waals surface area contributed by atoms with E-state index >= 15 is 0 Å². The highest BCUT2D eigenvalue weighted by Gasteiger charge is 2.19. The Morgan fingerprint density at radius 1 is 1.18 bits per heavy atom. The normalized spacial score (nSPS) is 14.2. The lowest BCUT2D eigenvalue weighted by molar-refractivity contribution is 0.0392. The number of methoxy groups -OCH3 is 1. The second-order valence-corrected chi connectivity index (χ2v) is 8.33. The van der Waals surface area contributed by atoms with E-state index in [9.17, 15) is 4.79 Å². The third-order valence-electron chi connectivity index (χ3n) is 6.01. The van der Waals surface area contributed by atoms with Crippen LogP contribution >= 0.6 is 0 Å². The van der Waals surface area contributed by atoms with Crippen molar-refractivity contribution in [1.82, 2.24) is 20.0 Å². The second-order valence-electron chi connectivity index (χ2n) is 8.33. The molecule has 1 aliphatic rings. The van der Waals surface area contributed by atoms with Gasteiger partial charge in [-0.15, -0.1) is 0 Å². The Bertz CT molecular complexity index is 1060. The van der Waals surface area contributed by atoms with Crippen LogP contribution in [0.1, 0.15) is 28.9 Å². The number of nitrogens with one attached hydrogen (secondary N) is 1. The predicted molar refractivity (Wildman–Crippen MR) is 130 cm³/mol. The Morgan fingerprint density at radius 3 is 2.74 bits per heavy atom. The van der Waals surface area contributed by atoms with Crippen molar-refractivity contribution in [1.29, 1.82) is 0 Å². The van der Waals surface area contributed by atoms with Crippen molar-refractivity contribution in [2.24, 2.45) is 0 Å². The Kier molecular flexibility index (Phi) is 8.17. The fourth-order valence-corrected chi connectivity index (χ4v) is 4.01. The highest BCUT2D eigenvalue weighted by molar-refractivity contribution is 5.94. The van der Waals surface area contributed by atoms with Gasteiger partial charge in [-0.1, -0.05) is 30.3 Å². The van der Waals surface area contributed by atoms with Crippen LogP contribution in [-0.4, -0.2) is 67.2 Å². The molecule has 8 heteroatoms. The largest absolute Gasteiger partial charge is 0.493 e. The van der Waals surface area contributed by atoms with E-state index in [1.54, 1.807) is 10.9 Å². The maximum atomic E-state index is 12.8. The lowest BCUT2D eigenvalue weighted by Gasteiger charge is -2.31. The first-order valence-electron chi connectivity index (χ1n) is 11.6. The van der Waals surface area contributed by atoms with E-state index in [0.29, 0.717) is 24.9 Å². The summed E-state index contributed by atoms with van der Waals surface area (Å²) in [4.78, 5) is 15.2. The second kappa shape index (κ2) is 11.7. The van der Waals surface area contributed by atoms with Crippen molar-refractivity contribution in [3.05, 3.63) is 72.1 Å². The van der Waals surface area contributed by atoms with E-state index in [1.807, 2.05) is 54.6 Å². The average molecular weight is 465 g/mol. The summed E-state index contributed by atoms with van der Waals surface area (Å²) in [6.45, 7) is 3.50. The fourth-order valence-electron chi connectivity index (χ4n) is 4.01. The molecule has 1 N–H and O–H groups in total. The molecule has 1 saturated heterocycles. The van der Waals surface area contributed by atoms with Gasteiger partial charge < -0.3 is 19.5 Å². The molecule has 0 aliphatic carbocycles. The third-order valence-corrected chi connectivity index (χ3v) is 6.01. The van der Waals surface area contributed by atoms with Crippen LogP contribution in [0.15, 0.2) is 60.8 Å². The molecule has 0 unspecified atom stereocenters. The summed E-state index contributed by atoms with van der Waals surface area (Å²) in [5.74, 6) is 0.918. The number of ether oxygens (including phenoxy) is 3. The van der Waals surface area contributed by atoms with Gasteiger partial charge in [-0.25, -0.2) is 4.68 Å². The number of hydrogen-bond acceptors (Lipinski definition) is 6. The minimum atomic E-state index is -0.295. The number of likely N-dealkylation sites (N-methyl/N-ethyl adjacent to an activating group) is 1. The molecule has 180 valence electrons. The standard InChI is InChI=1S/C26H32N4O4/c1-29(21-11-14-33-15-12-21)13-16-34-23-10-6-7-20(17-23)18-27-26(31)25-24(32-2)19-30(28-25)22-8-4-3-5-9-22/h3-10,17,19,21H,11-16,18H2,1-2H3,(H,27,31). The number of amides is 1. The maximum Gasteiger partial charge on any atom is 0.275 e.